The zero-order chi connectivity index (χ0) is 16.0. The largest absolute Gasteiger partial charge is 0.366 e. The first-order valence-corrected chi connectivity index (χ1v) is 6.92. The summed E-state index contributed by atoms with van der Waals surface area (Å²) in [6, 6.07) is 7.19. The van der Waals surface area contributed by atoms with E-state index in [0.717, 1.165) is 5.56 Å². The number of carbonyl (C=O) groups excluding carboxylic acids is 2. The fraction of sp³-hybridized carbons (Fsp3) is 0.500. The molecule has 0 fully saturated rings. The quantitative estimate of drug-likeness (QED) is 0.900. The number of rotatable bonds is 5. The lowest BCUT2D eigenvalue weighted by Gasteiger charge is -2.22. The Bertz CT molecular complexity index is 489. The molecule has 0 radical (unpaired) electrons. The molecule has 0 spiro atoms. The van der Waals surface area contributed by atoms with Crippen LogP contribution in [-0.2, 0) is 16.1 Å². The van der Waals surface area contributed by atoms with Crippen molar-refractivity contribution in [1.29, 1.82) is 0 Å². The summed E-state index contributed by atoms with van der Waals surface area (Å²) in [5, 5.41) is 2.57. The average molecular weight is 292 g/mol. The molecular formula is C16H24N2O3. The van der Waals surface area contributed by atoms with Crippen molar-refractivity contribution in [2.75, 3.05) is 20.7 Å². The van der Waals surface area contributed by atoms with Gasteiger partial charge in [0.25, 0.3) is 5.91 Å². The Hall–Kier alpha value is -1.88. The van der Waals surface area contributed by atoms with Crippen LogP contribution in [0.15, 0.2) is 24.3 Å². The molecule has 0 aliphatic heterocycles. The molecule has 2 amide bonds. The third-order valence-corrected chi connectivity index (χ3v) is 2.92. The highest BCUT2D eigenvalue weighted by molar-refractivity contribution is 5.93. The minimum atomic E-state index is -0.328. The van der Waals surface area contributed by atoms with Crippen LogP contribution in [0.5, 0.6) is 0 Å². The first-order chi connectivity index (χ1) is 9.73. The summed E-state index contributed by atoms with van der Waals surface area (Å²) in [6.45, 7) is 6.30. The van der Waals surface area contributed by atoms with Crippen LogP contribution >= 0.6 is 0 Å². The molecule has 0 bridgehead atoms. The van der Waals surface area contributed by atoms with Crippen LogP contribution in [0.4, 0.5) is 0 Å². The third-order valence-electron chi connectivity index (χ3n) is 2.92. The molecule has 1 aromatic carbocycles. The molecule has 5 nitrogen and oxygen atoms in total. The van der Waals surface area contributed by atoms with Gasteiger partial charge in [0.15, 0.2) is 0 Å². The summed E-state index contributed by atoms with van der Waals surface area (Å²) in [4.78, 5) is 25.0. The maximum absolute atomic E-state index is 12.0. The highest BCUT2D eigenvalue weighted by atomic mass is 16.5. The van der Waals surface area contributed by atoms with Crippen molar-refractivity contribution in [3.05, 3.63) is 35.4 Å². The van der Waals surface area contributed by atoms with Crippen LogP contribution in [-0.4, -0.2) is 43.0 Å². The number of nitrogens with zero attached hydrogens (tertiary/aromatic N) is 1. The van der Waals surface area contributed by atoms with E-state index in [1.165, 1.54) is 0 Å². The van der Waals surface area contributed by atoms with Gasteiger partial charge < -0.3 is 15.0 Å². The Morgan fingerprint density at radius 2 is 1.76 bits per heavy atom. The van der Waals surface area contributed by atoms with Gasteiger partial charge in [0.05, 0.1) is 5.60 Å². The molecule has 0 saturated heterocycles. The van der Waals surface area contributed by atoms with E-state index in [9.17, 15) is 9.59 Å². The second kappa shape index (κ2) is 7.22. The number of carbonyl (C=O) groups is 2. The molecule has 0 aliphatic carbocycles. The van der Waals surface area contributed by atoms with Gasteiger partial charge in [-0.25, -0.2) is 0 Å². The zero-order valence-electron chi connectivity index (χ0n) is 13.4. The summed E-state index contributed by atoms with van der Waals surface area (Å²) < 4.78 is 5.47. The first kappa shape index (κ1) is 17.2. The lowest BCUT2D eigenvalue weighted by molar-refractivity contribution is -0.140. The third kappa shape index (κ3) is 5.95. The number of likely N-dealkylation sites (N-methyl/N-ethyl adjacent to an activating group) is 1. The van der Waals surface area contributed by atoms with Gasteiger partial charge in [-0.05, 0) is 38.5 Å². The van der Waals surface area contributed by atoms with Crippen molar-refractivity contribution in [2.24, 2.45) is 0 Å². The number of hydrogen-bond donors (Lipinski definition) is 1. The standard InChI is InChI=1S/C16H24N2O3/c1-16(2,3)21-11-14(19)18(5)10-12-6-8-13(9-7-12)15(20)17-4/h6-9H,10-11H2,1-5H3,(H,17,20). The van der Waals surface area contributed by atoms with Gasteiger partial charge in [-0.15, -0.1) is 0 Å². The lowest BCUT2D eigenvalue weighted by Crippen LogP contribution is -2.33. The summed E-state index contributed by atoms with van der Waals surface area (Å²) in [5.74, 6) is -0.190. The van der Waals surface area contributed by atoms with E-state index in [-0.39, 0.29) is 24.0 Å². The molecule has 0 heterocycles. The Labute approximate surface area is 126 Å². The average Bonchev–Trinajstić information content (AvgIpc) is 2.43. The molecule has 0 atom stereocenters. The predicted octanol–water partition coefficient (Wildman–Crippen LogP) is 1.82. The van der Waals surface area contributed by atoms with Crippen molar-refractivity contribution in [2.45, 2.75) is 32.9 Å². The Balaban J connectivity index is 2.56. The zero-order valence-corrected chi connectivity index (χ0v) is 13.4. The molecule has 1 N–H and O–H groups in total. The topological polar surface area (TPSA) is 58.6 Å². The maximum atomic E-state index is 12.0. The van der Waals surface area contributed by atoms with Gasteiger partial charge in [-0.1, -0.05) is 12.1 Å². The van der Waals surface area contributed by atoms with Gasteiger partial charge >= 0.3 is 0 Å². The van der Waals surface area contributed by atoms with E-state index >= 15 is 0 Å². The van der Waals surface area contributed by atoms with Gasteiger partial charge in [-0.3, -0.25) is 9.59 Å². The summed E-state index contributed by atoms with van der Waals surface area (Å²) in [5.41, 5.74) is 1.24. The van der Waals surface area contributed by atoms with E-state index in [1.54, 1.807) is 31.1 Å². The van der Waals surface area contributed by atoms with Crippen LogP contribution in [0.1, 0.15) is 36.7 Å². The van der Waals surface area contributed by atoms with E-state index in [2.05, 4.69) is 5.32 Å². The molecule has 0 aromatic heterocycles. The summed E-state index contributed by atoms with van der Waals surface area (Å²) in [6.07, 6.45) is 0. The summed E-state index contributed by atoms with van der Waals surface area (Å²) in [7, 11) is 3.33. The highest BCUT2D eigenvalue weighted by Gasteiger charge is 2.15. The number of ether oxygens (including phenoxy) is 1. The van der Waals surface area contributed by atoms with Crippen molar-refractivity contribution in [3.63, 3.8) is 0 Å². The first-order valence-electron chi connectivity index (χ1n) is 6.92. The normalized spacial score (nSPS) is 11.1. The minimum Gasteiger partial charge on any atom is -0.366 e. The van der Waals surface area contributed by atoms with Crippen LogP contribution in [0.2, 0.25) is 0 Å². The van der Waals surface area contributed by atoms with Crippen LogP contribution < -0.4 is 5.32 Å². The molecule has 1 aromatic rings. The van der Waals surface area contributed by atoms with Crippen LogP contribution in [0.25, 0.3) is 0 Å². The Morgan fingerprint density at radius 1 is 1.19 bits per heavy atom. The second-order valence-electron chi connectivity index (χ2n) is 5.93. The Kier molecular flexibility index (Phi) is 5.90. The molecule has 116 valence electrons. The molecule has 0 aliphatic rings. The second-order valence-corrected chi connectivity index (χ2v) is 5.93. The fourth-order valence-electron chi connectivity index (χ4n) is 1.66. The maximum Gasteiger partial charge on any atom is 0.251 e. The van der Waals surface area contributed by atoms with Crippen LogP contribution in [0, 0.1) is 0 Å². The molecule has 21 heavy (non-hydrogen) atoms. The van der Waals surface area contributed by atoms with Crippen molar-refractivity contribution in [3.8, 4) is 0 Å². The van der Waals surface area contributed by atoms with E-state index in [4.69, 9.17) is 4.74 Å². The molecule has 0 unspecified atom stereocenters. The van der Waals surface area contributed by atoms with E-state index in [0.29, 0.717) is 12.1 Å². The van der Waals surface area contributed by atoms with Crippen molar-refractivity contribution < 1.29 is 14.3 Å². The van der Waals surface area contributed by atoms with E-state index in [1.807, 2.05) is 32.9 Å². The molecule has 1 rings (SSSR count). The number of amides is 2. The fourth-order valence-corrected chi connectivity index (χ4v) is 1.66. The van der Waals surface area contributed by atoms with Gasteiger partial charge in [0, 0.05) is 26.2 Å². The smallest absolute Gasteiger partial charge is 0.251 e. The van der Waals surface area contributed by atoms with Crippen LogP contribution in [0.3, 0.4) is 0 Å². The molecular weight excluding hydrogens is 268 g/mol. The summed E-state index contributed by atoms with van der Waals surface area (Å²) >= 11 is 0. The number of hydrogen-bond acceptors (Lipinski definition) is 3. The number of nitrogens with one attached hydrogen (secondary N) is 1. The predicted molar refractivity (Wildman–Crippen MR) is 82.0 cm³/mol. The van der Waals surface area contributed by atoms with Gasteiger partial charge in [0.2, 0.25) is 5.91 Å². The van der Waals surface area contributed by atoms with Gasteiger partial charge in [-0.2, -0.15) is 0 Å². The van der Waals surface area contributed by atoms with Crippen molar-refractivity contribution in [1.82, 2.24) is 10.2 Å². The molecule has 5 heteroatoms. The Morgan fingerprint density at radius 3 is 2.24 bits per heavy atom. The number of benzene rings is 1. The monoisotopic (exact) mass is 292 g/mol. The van der Waals surface area contributed by atoms with Gasteiger partial charge in [0.1, 0.15) is 6.61 Å². The SMILES string of the molecule is CNC(=O)c1ccc(CN(C)C(=O)COC(C)(C)C)cc1. The highest BCUT2D eigenvalue weighted by Crippen LogP contribution is 2.09. The van der Waals surface area contributed by atoms with Crippen molar-refractivity contribution >= 4 is 11.8 Å². The molecule has 0 saturated carbocycles. The minimum absolute atomic E-state index is 0.0658. The lowest BCUT2D eigenvalue weighted by atomic mass is 10.1. The van der Waals surface area contributed by atoms with E-state index < -0.39 is 0 Å².